The largest absolute Gasteiger partial charge is 0.495 e. The van der Waals surface area contributed by atoms with Crippen LogP contribution in [0.4, 0.5) is 0 Å². The van der Waals surface area contributed by atoms with Crippen molar-refractivity contribution in [3.63, 3.8) is 0 Å². The molecule has 0 aromatic heterocycles. The minimum atomic E-state index is 0.0983. The molecule has 2 atom stereocenters. The Morgan fingerprint density at radius 2 is 2.17 bits per heavy atom. The van der Waals surface area contributed by atoms with Crippen LogP contribution in [-0.2, 0) is 6.54 Å². The summed E-state index contributed by atoms with van der Waals surface area (Å²) in [6.45, 7) is 4.39. The quantitative estimate of drug-likeness (QED) is 0.915. The Balaban J connectivity index is 1.70. The molecule has 2 aliphatic heterocycles. The molecule has 0 radical (unpaired) electrons. The highest BCUT2D eigenvalue weighted by Crippen LogP contribution is 2.41. The fraction of sp³-hybridized carbons (Fsp3) is 0.667. The average Bonchev–Trinajstić information content (AvgIpc) is 2.56. The summed E-state index contributed by atoms with van der Waals surface area (Å²) in [5.41, 5.74) is 1.31. The number of nitrogens with zero attached hydrogens (tertiary/aromatic N) is 2. The first-order chi connectivity index (χ1) is 11.1. The highest BCUT2D eigenvalue weighted by molar-refractivity contribution is 6.32. The molecule has 2 heterocycles. The molecule has 5 heteroatoms. The van der Waals surface area contributed by atoms with Gasteiger partial charge in [-0.2, -0.15) is 0 Å². The lowest BCUT2D eigenvalue weighted by Gasteiger charge is -2.53. The summed E-state index contributed by atoms with van der Waals surface area (Å²) in [5.74, 6) is 0.723. The lowest BCUT2D eigenvalue weighted by molar-refractivity contribution is -0.0684. The second-order valence-electron chi connectivity index (χ2n) is 7.07. The van der Waals surface area contributed by atoms with E-state index in [1.54, 1.807) is 7.11 Å². The summed E-state index contributed by atoms with van der Waals surface area (Å²) in [6.07, 6.45) is 3.42. The van der Waals surface area contributed by atoms with Crippen molar-refractivity contribution in [1.29, 1.82) is 0 Å². The Morgan fingerprint density at radius 1 is 1.35 bits per heavy atom. The van der Waals surface area contributed by atoms with Crippen LogP contribution in [0.15, 0.2) is 18.2 Å². The molecule has 2 aliphatic rings. The molecular weight excluding hydrogens is 312 g/mol. The van der Waals surface area contributed by atoms with Crippen molar-refractivity contribution in [3.8, 4) is 5.75 Å². The van der Waals surface area contributed by atoms with Crippen LogP contribution < -0.4 is 4.74 Å². The van der Waals surface area contributed by atoms with Crippen LogP contribution in [0, 0.1) is 5.41 Å². The fourth-order valence-electron chi connectivity index (χ4n) is 4.29. The van der Waals surface area contributed by atoms with Crippen molar-refractivity contribution in [2.45, 2.75) is 31.8 Å². The number of ether oxygens (including phenoxy) is 1. The number of likely N-dealkylation sites (tertiary alicyclic amines) is 2. The molecular formula is C18H27ClN2O2. The number of halogens is 1. The van der Waals surface area contributed by atoms with Gasteiger partial charge in [-0.25, -0.2) is 0 Å². The Bertz CT molecular complexity index is 554. The Hall–Kier alpha value is -0.810. The summed E-state index contributed by atoms with van der Waals surface area (Å²) in [7, 11) is 3.83. The van der Waals surface area contributed by atoms with E-state index in [-0.39, 0.29) is 5.41 Å². The van der Waals surface area contributed by atoms with E-state index in [4.69, 9.17) is 16.3 Å². The number of benzene rings is 1. The predicted octanol–water partition coefficient (Wildman–Crippen LogP) is 2.63. The number of fused-ring (bicyclic) bond motifs is 1. The van der Waals surface area contributed by atoms with E-state index in [1.807, 2.05) is 12.1 Å². The van der Waals surface area contributed by atoms with E-state index >= 15 is 0 Å². The Kier molecular flexibility index (Phi) is 5.16. The number of hydrogen-bond acceptors (Lipinski definition) is 4. The molecule has 0 amide bonds. The van der Waals surface area contributed by atoms with Crippen molar-refractivity contribution in [2.24, 2.45) is 5.41 Å². The van der Waals surface area contributed by atoms with Gasteiger partial charge in [-0.3, -0.25) is 4.90 Å². The van der Waals surface area contributed by atoms with Gasteiger partial charge in [0.15, 0.2) is 0 Å². The lowest BCUT2D eigenvalue weighted by atomic mass is 9.69. The van der Waals surface area contributed by atoms with Crippen LogP contribution in [0.3, 0.4) is 0 Å². The van der Waals surface area contributed by atoms with Gasteiger partial charge in [-0.1, -0.05) is 17.7 Å². The monoisotopic (exact) mass is 338 g/mol. The lowest BCUT2D eigenvalue weighted by Crippen LogP contribution is -2.61. The highest BCUT2D eigenvalue weighted by Gasteiger charge is 2.46. The fourth-order valence-corrected chi connectivity index (χ4v) is 4.57. The van der Waals surface area contributed by atoms with E-state index in [0.29, 0.717) is 17.7 Å². The van der Waals surface area contributed by atoms with E-state index < -0.39 is 0 Å². The Labute approximate surface area is 144 Å². The van der Waals surface area contributed by atoms with Crippen molar-refractivity contribution in [1.82, 2.24) is 9.80 Å². The van der Waals surface area contributed by atoms with Crippen molar-refractivity contribution >= 4 is 11.6 Å². The highest BCUT2D eigenvalue weighted by atomic mass is 35.5. The second-order valence-corrected chi connectivity index (χ2v) is 7.48. The van der Waals surface area contributed by atoms with Gasteiger partial charge in [0.1, 0.15) is 5.75 Å². The molecule has 3 rings (SSSR count). The SMILES string of the molecule is COc1ccc(CN2CC[C@@]3(CO)CCCN(C)[C@@H]3C2)cc1Cl. The average molecular weight is 339 g/mol. The first kappa shape index (κ1) is 17.0. The maximum atomic E-state index is 9.99. The number of aliphatic hydroxyl groups is 1. The van der Waals surface area contributed by atoms with Crippen LogP contribution in [-0.4, -0.2) is 61.3 Å². The van der Waals surface area contributed by atoms with Gasteiger partial charge < -0.3 is 14.7 Å². The molecule has 0 unspecified atom stereocenters. The summed E-state index contributed by atoms with van der Waals surface area (Å²) in [6, 6.07) is 6.47. The van der Waals surface area contributed by atoms with E-state index in [0.717, 1.165) is 44.8 Å². The van der Waals surface area contributed by atoms with Crippen LogP contribution >= 0.6 is 11.6 Å². The van der Waals surface area contributed by atoms with E-state index in [9.17, 15) is 5.11 Å². The summed E-state index contributed by atoms with van der Waals surface area (Å²) < 4.78 is 5.22. The van der Waals surface area contributed by atoms with Gasteiger partial charge in [0.05, 0.1) is 18.7 Å². The number of piperidine rings is 2. The minimum absolute atomic E-state index is 0.0983. The number of hydrogen-bond donors (Lipinski definition) is 1. The van der Waals surface area contributed by atoms with Crippen LogP contribution in [0.2, 0.25) is 5.02 Å². The molecule has 1 aromatic rings. The number of aliphatic hydroxyl groups excluding tert-OH is 1. The van der Waals surface area contributed by atoms with Crippen LogP contribution in [0.1, 0.15) is 24.8 Å². The van der Waals surface area contributed by atoms with Crippen molar-refractivity contribution < 1.29 is 9.84 Å². The second kappa shape index (κ2) is 6.98. The predicted molar refractivity (Wildman–Crippen MR) is 93.1 cm³/mol. The third-order valence-corrected chi connectivity index (χ3v) is 6.01. The van der Waals surface area contributed by atoms with Crippen LogP contribution in [0.25, 0.3) is 0 Å². The normalized spacial score (nSPS) is 29.3. The van der Waals surface area contributed by atoms with Gasteiger partial charge in [0, 0.05) is 24.5 Å². The summed E-state index contributed by atoms with van der Waals surface area (Å²) in [5, 5.41) is 10.7. The zero-order valence-electron chi connectivity index (χ0n) is 14.1. The minimum Gasteiger partial charge on any atom is -0.495 e. The molecule has 23 heavy (non-hydrogen) atoms. The van der Waals surface area contributed by atoms with E-state index in [2.05, 4.69) is 22.9 Å². The van der Waals surface area contributed by atoms with Crippen LogP contribution in [0.5, 0.6) is 5.75 Å². The Morgan fingerprint density at radius 3 is 2.87 bits per heavy atom. The maximum Gasteiger partial charge on any atom is 0.137 e. The topological polar surface area (TPSA) is 35.9 Å². The standard InChI is InChI=1S/C18H27ClN2O2/c1-20-8-3-6-18(13-22)7-9-21(12-17(18)20)11-14-4-5-16(23-2)15(19)10-14/h4-5,10,17,22H,3,6-9,11-13H2,1-2H3/t17-,18-/m1/s1. The maximum absolute atomic E-state index is 9.99. The molecule has 1 N–H and O–H groups in total. The van der Waals surface area contributed by atoms with Crippen molar-refractivity contribution in [3.05, 3.63) is 28.8 Å². The molecule has 0 bridgehead atoms. The molecule has 0 aliphatic carbocycles. The molecule has 0 spiro atoms. The molecule has 128 valence electrons. The van der Waals surface area contributed by atoms with E-state index in [1.165, 1.54) is 12.0 Å². The third kappa shape index (κ3) is 3.36. The first-order valence-electron chi connectivity index (χ1n) is 8.44. The summed E-state index contributed by atoms with van der Waals surface area (Å²) in [4.78, 5) is 4.92. The molecule has 2 fully saturated rings. The zero-order chi connectivity index (χ0) is 16.4. The molecule has 0 saturated carbocycles. The van der Waals surface area contributed by atoms with Gasteiger partial charge in [-0.15, -0.1) is 0 Å². The summed E-state index contributed by atoms with van der Waals surface area (Å²) >= 11 is 6.24. The van der Waals surface area contributed by atoms with Gasteiger partial charge in [-0.05, 0) is 57.1 Å². The third-order valence-electron chi connectivity index (χ3n) is 5.72. The van der Waals surface area contributed by atoms with Crippen molar-refractivity contribution in [2.75, 3.05) is 40.4 Å². The molecule has 4 nitrogen and oxygen atoms in total. The first-order valence-corrected chi connectivity index (χ1v) is 8.82. The molecule has 2 saturated heterocycles. The zero-order valence-corrected chi connectivity index (χ0v) is 14.9. The number of rotatable bonds is 4. The number of methoxy groups -OCH3 is 1. The van der Waals surface area contributed by atoms with Gasteiger partial charge in [0.2, 0.25) is 0 Å². The number of likely N-dealkylation sites (N-methyl/N-ethyl adjacent to an activating group) is 1. The van der Waals surface area contributed by atoms with Gasteiger partial charge >= 0.3 is 0 Å². The molecule has 1 aromatic carbocycles. The smallest absolute Gasteiger partial charge is 0.137 e. The van der Waals surface area contributed by atoms with Gasteiger partial charge in [0.25, 0.3) is 0 Å².